The number of aromatic carboxylic acids is 1. The molecule has 3 unspecified atom stereocenters. The van der Waals surface area contributed by atoms with Crippen molar-refractivity contribution < 1.29 is 126 Å². The maximum atomic E-state index is 14.3. The van der Waals surface area contributed by atoms with E-state index in [4.69, 9.17) is 28.0 Å². The van der Waals surface area contributed by atoms with Gasteiger partial charge in [0.2, 0.25) is 29.1 Å². The Morgan fingerprint density at radius 2 is 0.835 bits per heavy atom. The van der Waals surface area contributed by atoms with E-state index >= 15 is 0 Å². The van der Waals surface area contributed by atoms with E-state index in [1.165, 1.54) is 97.3 Å². The number of rotatable bonds is 14. The van der Waals surface area contributed by atoms with Crippen molar-refractivity contribution in [1.82, 2.24) is 59.1 Å². The molecule has 12 N–H and O–H groups in total. The average molecular weight is 1770 g/mol. The molecule has 0 radical (unpaired) electrons. The Morgan fingerprint density at radius 3 is 1.13 bits per heavy atom. The van der Waals surface area contributed by atoms with Crippen molar-refractivity contribution in [1.29, 1.82) is 0 Å². The van der Waals surface area contributed by atoms with Gasteiger partial charge in [-0.3, -0.25) is 0 Å². The number of carbonyl (C=O) groups excluding carboxylic acids is 3. The van der Waals surface area contributed by atoms with Gasteiger partial charge in [0.05, 0.1) is 110 Å². The number of piperidine rings is 3. The topological polar surface area (TPSA) is 486 Å². The molecule has 0 bridgehead atoms. The number of hydrogen-bond donors (Lipinski definition) is 7. The van der Waals surface area contributed by atoms with Gasteiger partial charge in [0.15, 0.2) is 0 Å². The molecule has 0 spiro atoms. The number of methoxy groups -OCH3 is 3. The van der Waals surface area contributed by atoms with Crippen LogP contribution in [0.2, 0.25) is 0 Å². The summed E-state index contributed by atoms with van der Waals surface area (Å²) in [6, 6.07) is 15.9. The summed E-state index contributed by atoms with van der Waals surface area (Å²) >= 11 is 0. The summed E-state index contributed by atoms with van der Waals surface area (Å²) in [4.78, 5) is 80.2. The number of nitrogen functional groups attached to an aromatic ring is 4. The molecule has 4 aromatic heterocycles. The van der Waals surface area contributed by atoms with Crippen LogP contribution in [0.1, 0.15) is 156 Å². The molecule has 0 saturated carbocycles. The third-order valence-corrected chi connectivity index (χ3v) is 19.8. The Bertz CT molecular complexity index is 5070. The molecule has 4 aromatic carbocycles. The number of nitrogens with one attached hydrogen (secondary N) is 2. The van der Waals surface area contributed by atoms with Crippen molar-refractivity contribution >= 4 is 92.5 Å². The second kappa shape index (κ2) is 46.5. The minimum absolute atomic E-state index is 0. The number of aromatic nitrogens is 8. The summed E-state index contributed by atoms with van der Waals surface area (Å²) in [7, 11) is -1.70. The second-order valence-electron chi connectivity index (χ2n) is 25.0. The van der Waals surface area contributed by atoms with Gasteiger partial charge in [-0.1, -0.05) is 46.5 Å². The zero-order chi connectivity index (χ0) is 78.9. The smallest absolute Gasteiger partial charge is 0.870 e. The number of ether oxygens (including phenoxy) is 3. The van der Waals surface area contributed by atoms with Crippen molar-refractivity contribution in [2.45, 2.75) is 91.4 Å². The molecule has 8 aromatic rings. The van der Waals surface area contributed by atoms with Crippen molar-refractivity contribution in [3.05, 3.63) is 180 Å². The number of nitrogens with zero attached hydrogens (tertiary/aromatic N) is 10. The molecule has 3 fully saturated rings. The van der Waals surface area contributed by atoms with E-state index < -0.39 is 81.8 Å². The van der Waals surface area contributed by atoms with Gasteiger partial charge in [0, 0.05) is 117 Å². The minimum Gasteiger partial charge on any atom is -0.870 e. The third kappa shape index (κ3) is 28.6. The number of nitrogens with two attached hydrogens (primary N) is 4. The SMILES string of the molecule is C.C.C.COC(=O)c1ccc(-c2nc(C3=CNCCC3)cnc2N)cc1F.COC(=O)c1ccc(-c2nc(C3CCCN(S(C)(=O)=O)C3)cnc2N)cc1F.COC(=O)c1ccc(-c2nc(C3CCCNC3)cnc2N)cc1F.CS(=O)(=O)Cl.CS(=O)(=O)N1CCCC(c2cnc(N)c(-c3ccc(C(=O)O)c(F)c3)n2)C1.[CH3-].[Li+].[OH-].[Pd]. The number of carbonyl (C=O) groups is 4. The third-order valence-electron chi connectivity index (χ3n) is 17.3. The van der Waals surface area contributed by atoms with Gasteiger partial charge in [0.25, 0.3) is 0 Å². The number of benzene rings is 4. The molecule has 3 saturated heterocycles. The first kappa shape index (κ1) is 104. The van der Waals surface area contributed by atoms with E-state index in [2.05, 4.69) is 75.4 Å². The zero-order valence-electron chi connectivity index (χ0n) is 62.1. The first-order valence-electron chi connectivity index (χ1n) is 33.2. The Balaban J connectivity index is 0.000000737. The van der Waals surface area contributed by atoms with E-state index in [0.717, 1.165) is 93.9 Å². The fourth-order valence-corrected chi connectivity index (χ4v) is 13.6. The standard InChI is InChI=1S/C18H21FN4O4S.C17H19FN4O4S.C17H19FN4O2.C17H17FN4O2.CH3ClO2S.3CH4.CH3.Li.H2O.Pd/c1-27-18(24)13-6-5-11(8-14(13)19)16-17(20)21-9-15(22-16)12-4-3-7-23(10-12)28(2,25)26;1-27(25,26)22-6-2-3-11(9-22)14-8-20-16(19)15(21-14)10-4-5-12(17(23)24)13(18)7-10;2*1-24-17(23)12-5-4-10(7-13(12)18)15-16(19)21-9-14(22-15)11-3-2-6-20-8-11;1-5(2,3)4;;;;;;;/h5-6,8-9,12H,3-4,7,10H2,1-2H3,(H2,20,21);4-5,7-8,11H,2-3,6,9H2,1H3,(H2,19,20)(H,23,24);4-5,7,9,11,20H,2-3,6,8H2,1H3,(H2,19,21);4-5,7-9,20H,2-3,6H2,1H3,(H2,19,21);1H3;3*1H4;1H3;;1H2;/q;;;;;;;;-1;+1;;/p-1. The summed E-state index contributed by atoms with van der Waals surface area (Å²) in [5.41, 5.74) is 29.4. The molecule has 12 rings (SSSR count). The van der Waals surface area contributed by atoms with Crippen molar-refractivity contribution in [3.8, 4) is 45.0 Å². The molecule has 626 valence electrons. The Kier molecular flexibility index (Phi) is 42.0. The molecular formula is C74H95ClF4LiN16O15PdS3-. The van der Waals surface area contributed by atoms with Crippen molar-refractivity contribution in [2.24, 2.45) is 0 Å². The quantitative estimate of drug-likeness (QED) is 0.0140. The molecule has 4 aliphatic rings. The molecule has 8 heterocycles. The Hall–Kier alpha value is -9.22. The molecule has 4 aliphatic heterocycles. The number of anilines is 4. The van der Waals surface area contributed by atoms with Crippen LogP contribution in [0.4, 0.5) is 40.8 Å². The maximum Gasteiger partial charge on any atom is 1.00 e. The van der Waals surface area contributed by atoms with Crippen LogP contribution in [-0.2, 0) is 63.7 Å². The fraction of sp³-hybridized carbons (Fsp3) is 0.365. The number of carboxylic acid groups (broad SMARTS) is 1. The Morgan fingerprint density at radius 1 is 0.513 bits per heavy atom. The van der Waals surface area contributed by atoms with Crippen LogP contribution < -0.4 is 52.4 Å². The summed E-state index contributed by atoms with van der Waals surface area (Å²) in [6.45, 7) is 4.32. The van der Waals surface area contributed by atoms with E-state index in [-0.39, 0.29) is 144 Å². The predicted octanol–water partition coefficient (Wildman–Crippen LogP) is 7.35. The van der Waals surface area contributed by atoms with Crippen LogP contribution in [0.5, 0.6) is 0 Å². The molecule has 3 atom stereocenters. The number of hydrogen-bond acceptors (Lipinski definition) is 28. The van der Waals surface area contributed by atoms with E-state index in [0.29, 0.717) is 89.7 Å². The molecule has 31 nitrogen and oxygen atoms in total. The number of halogens is 5. The van der Waals surface area contributed by atoms with Crippen molar-refractivity contribution in [3.63, 3.8) is 0 Å². The number of esters is 3. The van der Waals surface area contributed by atoms with Gasteiger partial charge in [-0.2, -0.15) is 0 Å². The minimum atomic E-state index is -3.30. The summed E-state index contributed by atoms with van der Waals surface area (Å²) in [5, 5.41) is 15.4. The van der Waals surface area contributed by atoms with Crippen LogP contribution in [0.25, 0.3) is 50.6 Å². The van der Waals surface area contributed by atoms with E-state index in [1.54, 1.807) is 24.5 Å². The number of sulfonamides is 2. The van der Waals surface area contributed by atoms with Gasteiger partial charge in [-0.15, -0.1) is 0 Å². The molecular weight excluding hydrogens is 1670 g/mol. The molecule has 115 heavy (non-hydrogen) atoms. The maximum absolute atomic E-state index is 14.3. The molecule has 0 amide bonds. The van der Waals surface area contributed by atoms with E-state index in [1.807, 2.05) is 6.20 Å². The van der Waals surface area contributed by atoms with Crippen LogP contribution in [-0.4, -0.2) is 194 Å². The zero-order valence-corrected chi connectivity index (χ0v) is 66.8. The summed E-state index contributed by atoms with van der Waals surface area (Å²) in [5.74, 6) is -6.00. The number of carboxylic acids is 1. The van der Waals surface area contributed by atoms with Gasteiger partial charge in [0.1, 0.15) is 69.3 Å². The van der Waals surface area contributed by atoms with Crippen LogP contribution in [0, 0.1) is 30.7 Å². The molecule has 0 aliphatic carbocycles. The van der Waals surface area contributed by atoms with Crippen molar-refractivity contribution in [2.75, 3.05) is 109 Å². The number of allylic oxidation sites excluding steroid dienone is 1. The first-order chi connectivity index (χ1) is 51.1. The van der Waals surface area contributed by atoms with Gasteiger partial charge >= 0.3 is 42.7 Å². The first-order valence-corrected chi connectivity index (χ1v) is 39.6. The fourth-order valence-electron chi connectivity index (χ4n) is 11.8. The van der Waals surface area contributed by atoms with Gasteiger partial charge in [-0.25, -0.2) is 110 Å². The van der Waals surface area contributed by atoms with Gasteiger partial charge in [-0.05, 0) is 112 Å². The van der Waals surface area contributed by atoms with Crippen LogP contribution in [0.15, 0.2) is 104 Å². The summed E-state index contributed by atoms with van der Waals surface area (Å²) in [6.07, 6.45) is 18.4. The van der Waals surface area contributed by atoms with Crippen LogP contribution >= 0.6 is 10.7 Å². The normalized spacial score (nSPS) is 15.7. The summed E-state index contributed by atoms with van der Waals surface area (Å²) < 4.78 is 139. The largest absolute Gasteiger partial charge is 1.00 e. The van der Waals surface area contributed by atoms with Gasteiger partial charge < -0.3 is 65.8 Å². The van der Waals surface area contributed by atoms with Crippen LogP contribution in [0.3, 0.4) is 0 Å². The average Bonchev–Trinajstić information content (AvgIpc) is 0.811. The second-order valence-corrected chi connectivity index (χ2v) is 32.0. The Labute approximate surface area is 697 Å². The monoisotopic (exact) mass is 1770 g/mol. The molecule has 41 heteroatoms. The van der Waals surface area contributed by atoms with E-state index in [9.17, 15) is 62.0 Å². The predicted molar refractivity (Wildman–Crippen MR) is 424 cm³/mol.